The van der Waals surface area contributed by atoms with Crippen LogP contribution in [0.4, 0.5) is 11.5 Å². The first-order valence-corrected chi connectivity index (χ1v) is 4.18. The number of nitriles is 1. The minimum absolute atomic E-state index is 0.615. The van der Waals surface area contributed by atoms with Crippen molar-refractivity contribution in [2.75, 3.05) is 24.7 Å². The number of nitrogen functional groups attached to an aromatic ring is 1. The zero-order valence-corrected chi connectivity index (χ0v) is 8.20. The largest absolute Gasteiger partial charge is 0.396 e. The summed E-state index contributed by atoms with van der Waals surface area (Å²) in [7, 11) is 3.83. The van der Waals surface area contributed by atoms with Gasteiger partial charge in [-0.1, -0.05) is 0 Å². The van der Waals surface area contributed by atoms with E-state index in [1.807, 2.05) is 30.5 Å². The lowest BCUT2D eigenvalue weighted by atomic mass is 10.4. The molecule has 0 aliphatic heterocycles. The molecular formula is C9H14N4. The second kappa shape index (κ2) is 3.40. The Morgan fingerprint density at radius 1 is 1.62 bits per heavy atom. The molecule has 0 unspecified atom stereocenters. The minimum atomic E-state index is 0.615. The molecule has 0 aliphatic rings. The van der Waals surface area contributed by atoms with Crippen molar-refractivity contribution in [2.24, 2.45) is 0 Å². The van der Waals surface area contributed by atoms with E-state index in [0.29, 0.717) is 11.4 Å². The third kappa shape index (κ3) is 1.45. The zero-order valence-electron chi connectivity index (χ0n) is 8.20. The monoisotopic (exact) mass is 178 g/mol. The van der Waals surface area contributed by atoms with E-state index in [1.54, 1.807) is 6.07 Å². The summed E-state index contributed by atoms with van der Waals surface area (Å²) < 4.78 is 1.90. The molecule has 0 saturated carbocycles. The van der Waals surface area contributed by atoms with Crippen LogP contribution in [0.15, 0.2) is 6.07 Å². The highest BCUT2D eigenvalue weighted by molar-refractivity contribution is 5.67. The Labute approximate surface area is 78.2 Å². The average molecular weight is 178 g/mol. The van der Waals surface area contributed by atoms with Gasteiger partial charge in [-0.25, -0.2) is 0 Å². The summed E-state index contributed by atoms with van der Waals surface area (Å²) in [4.78, 5) is 1.92. The van der Waals surface area contributed by atoms with Gasteiger partial charge in [0.25, 0.3) is 0 Å². The molecule has 0 atom stereocenters. The molecule has 1 aromatic heterocycles. The Balaban J connectivity index is 3.33. The van der Waals surface area contributed by atoms with Crippen molar-refractivity contribution in [3.63, 3.8) is 0 Å². The highest BCUT2D eigenvalue weighted by atomic mass is 15.2. The topological polar surface area (TPSA) is 58.0 Å². The van der Waals surface area contributed by atoms with Gasteiger partial charge in [0.05, 0.1) is 5.69 Å². The van der Waals surface area contributed by atoms with Gasteiger partial charge in [0.1, 0.15) is 17.6 Å². The van der Waals surface area contributed by atoms with Gasteiger partial charge >= 0.3 is 0 Å². The molecular weight excluding hydrogens is 164 g/mol. The van der Waals surface area contributed by atoms with Gasteiger partial charge in [-0.15, -0.1) is 0 Å². The second-order valence-electron chi connectivity index (χ2n) is 3.06. The normalized spacial score (nSPS) is 9.69. The number of hydrogen-bond acceptors (Lipinski definition) is 3. The van der Waals surface area contributed by atoms with Crippen LogP contribution in [0.1, 0.15) is 12.6 Å². The second-order valence-corrected chi connectivity index (χ2v) is 3.06. The van der Waals surface area contributed by atoms with Crippen molar-refractivity contribution < 1.29 is 0 Å². The van der Waals surface area contributed by atoms with Crippen LogP contribution >= 0.6 is 0 Å². The standard InChI is InChI=1S/C9H14N4/c1-4-13-7(6-10)5-8(11)9(13)12(2)3/h5H,4,11H2,1-3H3. The van der Waals surface area contributed by atoms with E-state index < -0.39 is 0 Å². The maximum atomic E-state index is 8.82. The summed E-state index contributed by atoms with van der Waals surface area (Å²) in [6, 6.07) is 3.83. The maximum Gasteiger partial charge on any atom is 0.132 e. The van der Waals surface area contributed by atoms with Gasteiger partial charge in [-0.3, -0.25) is 0 Å². The van der Waals surface area contributed by atoms with E-state index >= 15 is 0 Å². The number of aromatic nitrogens is 1. The summed E-state index contributed by atoms with van der Waals surface area (Å²) in [6.07, 6.45) is 0. The van der Waals surface area contributed by atoms with E-state index in [1.165, 1.54) is 0 Å². The Kier molecular flexibility index (Phi) is 2.47. The summed E-state index contributed by atoms with van der Waals surface area (Å²) in [5, 5.41) is 8.82. The first-order valence-electron chi connectivity index (χ1n) is 4.18. The van der Waals surface area contributed by atoms with Gasteiger partial charge < -0.3 is 15.2 Å². The van der Waals surface area contributed by atoms with Crippen molar-refractivity contribution in [1.82, 2.24) is 4.57 Å². The molecule has 0 bridgehead atoms. The predicted octanol–water partition coefficient (Wildman–Crippen LogP) is 1.03. The van der Waals surface area contributed by atoms with Crippen molar-refractivity contribution in [1.29, 1.82) is 5.26 Å². The van der Waals surface area contributed by atoms with E-state index in [0.717, 1.165) is 12.4 Å². The first kappa shape index (κ1) is 9.46. The van der Waals surface area contributed by atoms with Crippen LogP contribution in [0.3, 0.4) is 0 Å². The van der Waals surface area contributed by atoms with E-state index in [-0.39, 0.29) is 0 Å². The molecule has 1 heterocycles. The van der Waals surface area contributed by atoms with Crippen LogP contribution in [0.2, 0.25) is 0 Å². The highest BCUT2D eigenvalue weighted by Gasteiger charge is 2.12. The van der Waals surface area contributed by atoms with Gasteiger partial charge in [-0.2, -0.15) is 5.26 Å². The lowest BCUT2D eigenvalue weighted by molar-refractivity contribution is 0.747. The molecule has 1 rings (SSSR count). The summed E-state index contributed by atoms with van der Waals surface area (Å²) >= 11 is 0. The fraction of sp³-hybridized carbons (Fsp3) is 0.444. The van der Waals surface area contributed by atoms with E-state index in [2.05, 4.69) is 6.07 Å². The van der Waals surface area contributed by atoms with Crippen molar-refractivity contribution in [3.05, 3.63) is 11.8 Å². The molecule has 70 valence electrons. The van der Waals surface area contributed by atoms with Crippen molar-refractivity contribution in [2.45, 2.75) is 13.5 Å². The highest BCUT2D eigenvalue weighted by Crippen LogP contribution is 2.25. The molecule has 2 N–H and O–H groups in total. The third-order valence-electron chi connectivity index (χ3n) is 1.95. The predicted molar refractivity (Wildman–Crippen MR) is 53.6 cm³/mol. The number of nitrogens with zero attached hydrogens (tertiary/aromatic N) is 3. The van der Waals surface area contributed by atoms with Crippen molar-refractivity contribution in [3.8, 4) is 6.07 Å². The SMILES string of the molecule is CCn1c(C#N)cc(N)c1N(C)C. The van der Waals surface area contributed by atoms with E-state index in [4.69, 9.17) is 11.0 Å². The van der Waals surface area contributed by atoms with Crippen LogP contribution in [-0.4, -0.2) is 18.7 Å². The van der Waals surface area contributed by atoms with Crippen LogP contribution in [-0.2, 0) is 6.54 Å². The van der Waals surface area contributed by atoms with Crippen LogP contribution < -0.4 is 10.6 Å². The Morgan fingerprint density at radius 2 is 2.23 bits per heavy atom. The smallest absolute Gasteiger partial charge is 0.132 e. The lowest BCUT2D eigenvalue weighted by Crippen LogP contribution is -2.15. The molecule has 0 radical (unpaired) electrons. The molecule has 13 heavy (non-hydrogen) atoms. The molecule has 4 heteroatoms. The number of anilines is 2. The van der Waals surface area contributed by atoms with Gasteiger partial charge in [-0.05, 0) is 13.0 Å². The molecule has 1 aromatic rings. The van der Waals surface area contributed by atoms with Crippen molar-refractivity contribution >= 4 is 11.5 Å². The molecule has 4 nitrogen and oxygen atoms in total. The average Bonchev–Trinajstić information content (AvgIpc) is 2.41. The van der Waals surface area contributed by atoms with Gasteiger partial charge in [0.15, 0.2) is 0 Å². The van der Waals surface area contributed by atoms with Gasteiger partial charge in [0, 0.05) is 20.6 Å². The van der Waals surface area contributed by atoms with Crippen LogP contribution in [0.25, 0.3) is 0 Å². The minimum Gasteiger partial charge on any atom is -0.396 e. The van der Waals surface area contributed by atoms with E-state index in [9.17, 15) is 0 Å². The summed E-state index contributed by atoms with van der Waals surface area (Å²) in [6.45, 7) is 2.75. The summed E-state index contributed by atoms with van der Waals surface area (Å²) in [5.41, 5.74) is 7.05. The fourth-order valence-electron chi connectivity index (χ4n) is 1.47. The van der Waals surface area contributed by atoms with Crippen LogP contribution in [0, 0.1) is 11.3 Å². The number of nitrogens with two attached hydrogens (primary N) is 1. The molecule has 0 amide bonds. The zero-order chi connectivity index (χ0) is 10.0. The lowest BCUT2D eigenvalue weighted by Gasteiger charge is -2.16. The fourth-order valence-corrected chi connectivity index (χ4v) is 1.47. The molecule has 0 spiro atoms. The first-order chi connectivity index (χ1) is 6.11. The quantitative estimate of drug-likeness (QED) is 0.735. The van der Waals surface area contributed by atoms with Crippen LogP contribution in [0.5, 0.6) is 0 Å². The number of rotatable bonds is 2. The Bertz CT molecular complexity index is 343. The molecule has 0 fully saturated rings. The Hall–Kier alpha value is -1.63. The molecule has 0 aliphatic carbocycles. The third-order valence-corrected chi connectivity index (χ3v) is 1.95. The Morgan fingerprint density at radius 3 is 2.62 bits per heavy atom. The number of hydrogen-bond donors (Lipinski definition) is 1. The summed E-state index contributed by atoms with van der Waals surface area (Å²) in [5.74, 6) is 0.902. The van der Waals surface area contributed by atoms with Gasteiger partial charge in [0.2, 0.25) is 0 Å². The molecule has 0 saturated heterocycles. The maximum absolute atomic E-state index is 8.82. The molecule has 0 aromatic carbocycles.